The van der Waals surface area contributed by atoms with Crippen molar-refractivity contribution in [3.63, 3.8) is 0 Å². The summed E-state index contributed by atoms with van der Waals surface area (Å²) < 4.78 is 11.0. The predicted octanol–water partition coefficient (Wildman–Crippen LogP) is 1.03. The van der Waals surface area contributed by atoms with Gasteiger partial charge in [0.15, 0.2) is 0 Å². The zero-order valence-electron chi connectivity index (χ0n) is 14.6. The second-order valence-electron chi connectivity index (χ2n) is 6.84. The van der Waals surface area contributed by atoms with Gasteiger partial charge in [0.05, 0.1) is 29.7 Å². The first-order chi connectivity index (χ1) is 13.4. The Kier molecular flexibility index (Phi) is 4.35. The van der Waals surface area contributed by atoms with E-state index in [1.54, 1.807) is 12.1 Å². The molecule has 28 heavy (non-hydrogen) atoms. The van der Waals surface area contributed by atoms with Crippen LogP contribution in [0.2, 0.25) is 0 Å². The summed E-state index contributed by atoms with van der Waals surface area (Å²) in [4.78, 5) is 13.0. The summed E-state index contributed by atoms with van der Waals surface area (Å²) in [6, 6.07) is 8.70. The van der Waals surface area contributed by atoms with Crippen molar-refractivity contribution in [2.45, 2.75) is 17.8 Å². The number of hydrogen-bond donors (Lipinski definition) is 5. The number of ether oxygens (including phenoxy) is 1. The molecule has 1 aliphatic heterocycles. The Labute approximate surface area is 158 Å². The summed E-state index contributed by atoms with van der Waals surface area (Å²) in [5, 5.41) is 49.8. The molecule has 0 bridgehead atoms. The largest absolute Gasteiger partial charge is 0.508 e. The molecule has 2 aromatic carbocycles. The van der Waals surface area contributed by atoms with Gasteiger partial charge in [0, 0.05) is 0 Å². The molecule has 0 spiro atoms. The Hall–Kier alpha value is -2.91. The predicted molar refractivity (Wildman–Crippen MR) is 98.0 cm³/mol. The maximum absolute atomic E-state index is 13.0. The number of rotatable bonds is 3. The molecule has 1 aromatic heterocycles. The number of aromatic hydroxyl groups is 2. The van der Waals surface area contributed by atoms with E-state index in [-0.39, 0.29) is 45.6 Å². The van der Waals surface area contributed by atoms with Crippen molar-refractivity contribution in [3.05, 3.63) is 58.4 Å². The van der Waals surface area contributed by atoms with Gasteiger partial charge in [-0.15, -0.1) is 0 Å². The molecule has 0 amide bonds. The number of phenolic OH excluding ortho intramolecular Hbond substituents is 2. The van der Waals surface area contributed by atoms with Crippen LogP contribution in [0.4, 0.5) is 0 Å². The molecule has 0 radical (unpaired) electrons. The molecule has 1 saturated heterocycles. The molecule has 3 aromatic rings. The van der Waals surface area contributed by atoms with Gasteiger partial charge in [-0.2, -0.15) is 0 Å². The average Bonchev–Trinajstić information content (AvgIpc) is 2.98. The second kappa shape index (κ2) is 6.61. The number of aliphatic hydroxyl groups is 3. The Morgan fingerprint density at radius 2 is 1.82 bits per heavy atom. The molecule has 2 heterocycles. The number of fused-ring (bicyclic) bond motifs is 1. The third kappa shape index (κ3) is 2.74. The molecule has 3 atom stereocenters. The monoisotopic (exact) mass is 386 g/mol. The summed E-state index contributed by atoms with van der Waals surface area (Å²) in [7, 11) is 0. The van der Waals surface area contributed by atoms with Crippen LogP contribution in [0.5, 0.6) is 11.5 Å². The first-order valence-corrected chi connectivity index (χ1v) is 8.55. The van der Waals surface area contributed by atoms with E-state index in [0.29, 0.717) is 5.56 Å². The lowest BCUT2D eigenvalue weighted by molar-refractivity contribution is -0.0818. The van der Waals surface area contributed by atoms with Crippen LogP contribution < -0.4 is 5.43 Å². The fourth-order valence-corrected chi connectivity index (χ4v) is 3.40. The standard InChI is InChI=1S/C20H18O8/c21-8-20(26)9-28-18(19(20)25)15-14(23)6-5-12-16(24)13(7-27-17(12)15)10-1-3-11(22)4-2-10/h1-7,18-19,21-23,25-26H,8-9H2/t18?,19-,20+/m0/s1. The van der Waals surface area contributed by atoms with Crippen LogP contribution in [0.15, 0.2) is 51.9 Å². The van der Waals surface area contributed by atoms with Crippen molar-refractivity contribution in [1.82, 2.24) is 0 Å². The molecule has 0 aliphatic carbocycles. The maximum atomic E-state index is 13.0. The Balaban J connectivity index is 1.88. The minimum Gasteiger partial charge on any atom is -0.508 e. The van der Waals surface area contributed by atoms with Crippen LogP contribution in [0.1, 0.15) is 11.7 Å². The van der Waals surface area contributed by atoms with E-state index in [4.69, 9.17) is 9.15 Å². The van der Waals surface area contributed by atoms with Gasteiger partial charge in [0.1, 0.15) is 41.2 Å². The van der Waals surface area contributed by atoms with Crippen molar-refractivity contribution in [2.75, 3.05) is 13.2 Å². The van der Waals surface area contributed by atoms with Crippen molar-refractivity contribution in [1.29, 1.82) is 0 Å². The molecule has 8 nitrogen and oxygen atoms in total. The molecule has 1 fully saturated rings. The maximum Gasteiger partial charge on any atom is 0.200 e. The lowest BCUT2D eigenvalue weighted by atomic mass is 9.92. The first kappa shape index (κ1) is 18.5. The summed E-state index contributed by atoms with van der Waals surface area (Å²) in [5.74, 6) is -0.218. The number of hydrogen-bond acceptors (Lipinski definition) is 8. The summed E-state index contributed by atoms with van der Waals surface area (Å²) in [6.45, 7) is -1.08. The molecule has 1 aliphatic rings. The molecular formula is C20H18O8. The van der Waals surface area contributed by atoms with Crippen LogP contribution in [-0.4, -0.2) is 50.5 Å². The van der Waals surface area contributed by atoms with Gasteiger partial charge in [-0.05, 0) is 29.8 Å². The molecule has 1 unspecified atom stereocenters. The zero-order valence-corrected chi connectivity index (χ0v) is 14.6. The molecule has 8 heteroatoms. The Bertz CT molecular complexity index is 1090. The summed E-state index contributed by atoms with van der Waals surface area (Å²) in [5.41, 5.74) is -1.44. The van der Waals surface area contributed by atoms with E-state index >= 15 is 0 Å². The number of phenols is 2. The lowest BCUT2D eigenvalue weighted by Gasteiger charge is -2.24. The van der Waals surface area contributed by atoms with Crippen molar-refractivity contribution < 1.29 is 34.7 Å². The molecular weight excluding hydrogens is 368 g/mol. The molecule has 5 N–H and O–H groups in total. The van der Waals surface area contributed by atoms with Gasteiger partial charge in [0.25, 0.3) is 0 Å². The van der Waals surface area contributed by atoms with Gasteiger partial charge >= 0.3 is 0 Å². The van der Waals surface area contributed by atoms with Crippen LogP contribution in [0.25, 0.3) is 22.1 Å². The van der Waals surface area contributed by atoms with E-state index in [0.717, 1.165) is 0 Å². The van der Waals surface area contributed by atoms with Gasteiger partial charge in [-0.1, -0.05) is 12.1 Å². The van der Waals surface area contributed by atoms with Gasteiger partial charge in [0.2, 0.25) is 5.43 Å². The van der Waals surface area contributed by atoms with E-state index < -0.39 is 24.4 Å². The quantitative estimate of drug-likeness (QED) is 0.449. The van der Waals surface area contributed by atoms with Crippen LogP contribution in [0, 0.1) is 0 Å². The third-order valence-electron chi connectivity index (χ3n) is 5.04. The minimum atomic E-state index is -1.88. The number of benzene rings is 2. The smallest absolute Gasteiger partial charge is 0.200 e. The highest BCUT2D eigenvalue weighted by molar-refractivity contribution is 5.86. The second-order valence-corrected chi connectivity index (χ2v) is 6.84. The first-order valence-electron chi connectivity index (χ1n) is 8.55. The van der Waals surface area contributed by atoms with E-state index in [9.17, 15) is 30.3 Å². The lowest BCUT2D eigenvalue weighted by Crippen LogP contribution is -2.45. The van der Waals surface area contributed by atoms with Crippen LogP contribution >= 0.6 is 0 Å². The minimum absolute atomic E-state index is 0.0127. The fourth-order valence-electron chi connectivity index (χ4n) is 3.40. The average molecular weight is 386 g/mol. The highest BCUT2D eigenvalue weighted by atomic mass is 16.5. The van der Waals surface area contributed by atoms with E-state index in [1.807, 2.05) is 0 Å². The van der Waals surface area contributed by atoms with Crippen molar-refractivity contribution in [2.24, 2.45) is 0 Å². The van der Waals surface area contributed by atoms with Crippen LogP contribution in [-0.2, 0) is 4.74 Å². The zero-order chi connectivity index (χ0) is 20.1. The Morgan fingerprint density at radius 3 is 2.46 bits per heavy atom. The molecule has 146 valence electrons. The fraction of sp³-hybridized carbons (Fsp3) is 0.250. The normalized spacial score (nSPS) is 24.7. The van der Waals surface area contributed by atoms with E-state index in [1.165, 1.54) is 30.5 Å². The highest BCUT2D eigenvalue weighted by Gasteiger charge is 2.49. The highest BCUT2D eigenvalue weighted by Crippen LogP contribution is 2.42. The molecule has 4 rings (SSSR count). The van der Waals surface area contributed by atoms with Crippen molar-refractivity contribution >= 4 is 11.0 Å². The Morgan fingerprint density at radius 1 is 1.11 bits per heavy atom. The van der Waals surface area contributed by atoms with Crippen molar-refractivity contribution in [3.8, 4) is 22.6 Å². The molecule has 0 saturated carbocycles. The third-order valence-corrected chi connectivity index (χ3v) is 5.04. The van der Waals surface area contributed by atoms with Gasteiger partial charge < -0.3 is 34.7 Å². The van der Waals surface area contributed by atoms with E-state index in [2.05, 4.69) is 0 Å². The SMILES string of the molecule is O=c1c(-c2ccc(O)cc2)coc2c(C3OC[C@](O)(CO)[C@H]3O)c(O)ccc12. The number of aliphatic hydroxyl groups excluding tert-OH is 2. The van der Waals surface area contributed by atoms with Gasteiger partial charge in [-0.3, -0.25) is 4.79 Å². The topological polar surface area (TPSA) is 141 Å². The van der Waals surface area contributed by atoms with Gasteiger partial charge in [-0.25, -0.2) is 0 Å². The summed E-state index contributed by atoms with van der Waals surface area (Å²) >= 11 is 0. The summed E-state index contributed by atoms with van der Waals surface area (Å²) in [6.07, 6.45) is -1.50. The van der Waals surface area contributed by atoms with Crippen LogP contribution in [0.3, 0.4) is 0 Å².